The molecule has 0 saturated heterocycles. The quantitative estimate of drug-likeness (QED) is 0.664. The van der Waals surface area contributed by atoms with Crippen molar-refractivity contribution in [2.24, 2.45) is 0 Å². The normalized spacial score (nSPS) is 10.2. The van der Waals surface area contributed by atoms with Gasteiger partial charge in [0.25, 0.3) is 0 Å². The van der Waals surface area contributed by atoms with E-state index in [9.17, 15) is 0 Å². The minimum atomic E-state index is 0.602. The summed E-state index contributed by atoms with van der Waals surface area (Å²) in [7, 11) is 0.602. The highest BCUT2D eigenvalue weighted by atomic mass is 28.2. The molecule has 3 aromatic rings. The molecule has 3 rings (SSSR count). The van der Waals surface area contributed by atoms with Crippen LogP contribution in [-0.4, -0.2) is 9.52 Å². The van der Waals surface area contributed by atoms with E-state index in [1.54, 1.807) is 0 Å². The van der Waals surface area contributed by atoms with Gasteiger partial charge in [-0.15, -0.1) is 0 Å². The Kier molecular flexibility index (Phi) is 3.95. The van der Waals surface area contributed by atoms with Crippen LogP contribution < -0.4 is 15.1 Å². The lowest BCUT2D eigenvalue weighted by Gasteiger charge is -2.10. The van der Waals surface area contributed by atoms with Crippen molar-refractivity contribution in [3.8, 4) is 11.5 Å². The monoisotopic (exact) mass is 274 g/mol. The van der Waals surface area contributed by atoms with Crippen molar-refractivity contribution in [2.75, 3.05) is 0 Å². The van der Waals surface area contributed by atoms with Crippen LogP contribution in [0.4, 0.5) is 0 Å². The van der Waals surface area contributed by atoms with Crippen LogP contribution in [0.25, 0.3) is 0 Å². The number of hydrogen-bond donors (Lipinski definition) is 0. The Balaban J connectivity index is 1.85. The fourth-order valence-corrected chi connectivity index (χ4v) is 3.06. The van der Waals surface area contributed by atoms with E-state index in [4.69, 9.17) is 4.74 Å². The molecule has 0 bridgehead atoms. The molecule has 0 saturated carbocycles. The molecule has 0 amide bonds. The maximum Gasteiger partial charge on any atom is 0.127 e. The van der Waals surface area contributed by atoms with E-state index < -0.39 is 0 Å². The molecule has 0 aromatic heterocycles. The van der Waals surface area contributed by atoms with Gasteiger partial charge >= 0.3 is 0 Å². The van der Waals surface area contributed by atoms with E-state index in [0.717, 1.165) is 11.5 Å². The predicted octanol–water partition coefficient (Wildman–Crippen LogP) is 3.13. The van der Waals surface area contributed by atoms with Gasteiger partial charge in [0.05, 0.1) is 0 Å². The van der Waals surface area contributed by atoms with Gasteiger partial charge in [-0.25, -0.2) is 0 Å². The first kappa shape index (κ1) is 12.7. The summed E-state index contributed by atoms with van der Waals surface area (Å²) in [5.41, 5.74) is 0. The first-order valence-corrected chi connectivity index (χ1v) is 7.56. The average Bonchev–Trinajstić information content (AvgIpc) is 2.51. The van der Waals surface area contributed by atoms with E-state index in [1.165, 1.54) is 10.4 Å². The zero-order chi connectivity index (χ0) is 13.6. The summed E-state index contributed by atoms with van der Waals surface area (Å²) in [6.45, 7) is 0. The number of benzene rings is 3. The Bertz CT molecular complexity index is 605. The van der Waals surface area contributed by atoms with E-state index >= 15 is 0 Å². The minimum Gasteiger partial charge on any atom is -0.458 e. The Labute approximate surface area is 121 Å². The average molecular weight is 274 g/mol. The molecule has 0 unspecified atom stereocenters. The third-order valence-corrected chi connectivity index (χ3v) is 4.22. The minimum absolute atomic E-state index is 0.602. The lowest BCUT2D eigenvalue weighted by molar-refractivity contribution is 0.486. The van der Waals surface area contributed by atoms with Crippen molar-refractivity contribution in [3.05, 3.63) is 84.9 Å². The molecule has 2 heteroatoms. The molecular formula is C18H14OSi. The van der Waals surface area contributed by atoms with Crippen molar-refractivity contribution in [1.82, 2.24) is 0 Å². The second kappa shape index (κ2) is 6.22. The van der Waals surface area contributed by atoms with Crippen LogP contribution in [0.5, 0.6) is 11.5 Å². The summed E-state index contributed by atoms with van der Waals surface area (Å²) in [5, 5.41) is 2.54. The largest absolute Gasteiger partial charge is 0.458 e. The summed E-state index contributed by atoms with van der Waals surface area (Å²) in [6.07, 6.45) is 0. The molecule has 3 aromatic carbocycles. The van der Waals surface area contributed by atoms with Crippen molar-refractivity contribution < 1.29 is 4.74 Å². The highest BCUT2D eigenvalue weighted by Gasteiger charge is 2.06. The molecule has 0 atom stereocenters. The Morgan fingerprint density at radius 3 is 1.95 bits per heavy atom. The molecule has 1 nitrogen and oxygen atoms in total. The van der Waals surface area contributed by atoms with Crippen LogP contribution in [-0.2, 0) is 0 Å². The Morgan fingerprint density at radius 2 is 1.20 bits per heavy atom. The molecule has 96 valence electrons. The van der Waals surface area contributed by atoms with Crippen molar-refractivity contribution in [1.29, 1.82) is 0 Å². The topological polar surface area (TPSA) is 9.23 Å². The lowest BCUT2D eigenvalue weighted by Crippen LogP contribution is -2.27. The second-order valence-corrected chi connectivity index (χ2v) is 5.77. The van der Waals surface area contributed by atoms with Crippen LogP contribution in [0.2, 0.25) is 0 Å². The summed E-state index contributed by atoms with van der Waals surface area (Å²) in [4.78, 5) is 0. The standard InChI is InChI=1S/C18H14OSi/c1-3-9-15(10-4-1)19-17-13-7-8-14-18(17)20-16-11-5-2-6-12-16/h1-14H. The van der Waals surface area contributed by atoms with Gasteiger partial charge in [0, 0.05) is 0 Å². The summed E-state index contributed by atoms with van der Waals surface area (Å²) in [6, 6.07) is 28.6. The molecule has 20 heavy (non-hydrogen) atoms. The fraction of sp³-hybridized carbons (Fsp3) is 0. The van der Waals surface area contributed by atoms with Gasteiger partial charge in [-0.2, -0.15) is 0 Å². The van der Waals surface area contributed by atoms with Crippen LogP contribution in [0.3, 0.4) is 0 Å². The lowest BCUT2D eigenvalue weighted by atomic mass is 10.3. The van der Waals surface area contributed by atoms with Gasteiger partial charge in [-0.05, 0) is 23.4 Å². The van der Waals surface area contributed by atoms with Crippen molar-refractivity contribution in [2.45, 2.75) is 0 Å². The smallest absolute Gasteiger partial charge is 0.127 e. The van der Waals surface area contributed by atoms with Crippen molar-refractivity contribution in [3.63, 3.8) is 0 Å². The highest BCUT2D eigenvalue weighted by Crippen LogP contribution is 2.18. The first-order valence-electron chi connectivity index (χ1n) is 6.56. The molecule has 0 fully saturated rings. The van der Waals surface area contributed by atoms with Gasteiger partial charge in [-0.1, -0.05) is 71.9 Å². The van der Waals surface area contributed by atoms with Gasteiger partial charge in [0.1, 0.15) is 21.0 Å². The van der Waals surface area contributed by atoms with Gasteiger partial charge < -0.3 is 4.74 Å². The third-order valence-electron chi connectivity index (χ3n) is 2.91. The summed E-state index contributed by atoms with van der Waals surface area (Å²) < 4.78 is 5.99. The maximum absolute atomic E-state index is 5.99. The molecule has 0 aliphatic carbocycles. The van der Waals surface area contributed by atoms with Gasteiger partial charge in [0.2, 0.25) is 0 Å². The Hall–Kier alpha value is -2.32. The van der Waals surface area contributed by atoms with Crippen LogP contribution in [0.15, 0.2) is 84.9 Å². The SMILES string of the molecule is c1ccc(Oc2ccccc2[Si]c2ccccc2)cc1. The molecule has 0 heterocycles. The van der Waals surface area contributed by atoms with Crippen molar-refractivity contribution >= 4 is 19.9 Å². The zero-order valence-corrected chi connectivity index (χ0v) is 12.0. The van der Waals surface area contributed by atoms with E-state index in [-0.39, 0.29) is 0 Å². The fourth-order valence-electron chi connectivity index (χ4n) is 1.95. The summed E-state index contributed by atoms with van der Waals surface area (Å²) in [5.74, 6) is 1.80. The molecule has 2 radical (unpaired) electrons. The number of ether oxygens (including phenoxy) is 1. The number of hydrogen-bond acceptors (Lipinski definition) is 1. The zero-order valence-electron chi connectivity index (χ0n) is 11.0. The number of para-hydroxylation sites is 2. The molecular weight excluding hydrogens is 260 g/mol. The molecule has 0 aliphatic heterocycles. The van der Waals surface area contributed by atoms with Crippen LogP contribution >= 0.6 is 0 Å². The first-order chi connectivity index (χ1) is 9.92. The van der Waals surface area contributed by atoms with Gasteiger partial charge in [0.15, 0.2) is 0 Å². The maximum atomic E-state index is 5.99. The van der Waals surface area contributed by atoms with Gasteiger partial charge in [-0.3, -0.25) is 0 Å². The number of rotatable bonds is 4. The third kappa shape index (κ3) is 3.16. The van der Waals surface area contributed by atoms with Crippen LogP contribution in [0.1, 0.15) is 0 Å². The van der Waals surface area contributed by atoms with E-state index in [2.05, 4.69) is 36.4 Å². The van der Waals surface area contributed by atoms with E-state index in [0.29, 0.717) is 9.52 Å². The molecule has 0 N–H and O–H groups in total. The van der Waals surface area contributed by atoms with Crippen LogP contribution in [0, 0.1) is 0 Å². The molecule has 0 spiro atoms. The summed E-state index contributed by atoms with van der Waals surface area (Å²) >= 11 is 0. The Morgan fingerprint density at radius 1 is 0.600 bits per heavy atom. The highest BCUT2D eigenvalue weighted by molar-refractivity contribution is 6.68. The second-order valence-electron chi connectivity index (χ2n) is 4.40. The predicted molar refractivity (Wildman–Crippen MR) is 84.4 cm³/mol. The molecule has 0 aliphatic rings. The van der Waals surface area contributed by atoms with E-state index in [1.807, 2.05) is 48.5 Å².